The highest BCUT2D eigenvalue weighted by molar-refractivity contribution is 7.92. The summed E-state index contributed by atoms with van der Waals surface area (Å²) in [5.41, 5.74) is 1.03. The topological polar surface area (TPSA) is 79.8 Å². The van der Waals surface area contributed by atoms with Crippen LogP contribution in [0.15, 0.2) is 29.3 Å². The molecule has 0 amide bonds. The predicted molar refractivity (Wildman–Crippen MR) is 102 cm³/mol. The number of sulfone groups is 1. The zero-order chi connectivity index (χ0) is 18.5. The molecule has 0 aromatic heterocycles. The Morgan fingerprint density at radius 2 is 2.08 bits per heavy atom. The van der Waals surface area contributed by atoms with E-state index < -0.39 is 14.6 Å². The van der Waals surface area contributed by atoms with Gasteiger partial charge in [0.25, 0.3) is 0 Å². The van der Waals surface area contributed by atoms with Crippen LogP contribution in [-0.4, -0.2) is 52.2 Å². The second-order valence-electron chi connectivity index (χ2n) is 6.41. The van der Waals surface area contributed by atoms with E-state index in [2.05, 4.69) is 15.6 Å². The summed E-state index contributed by atoms with van der Waals surface area (Å²) >= 11 is 6.04. The van der Waals surface area contributed by atoms with E-state index in [0.29, 0.717) is 43.6 Å². The summed E-state index contributed by atoms with van der Waals surface area (Å²) in [5.74, 6) is 0.557. The van der Waals surface area contributed by atoms with Crippen LogP contribution in [0.2, 0.25) is 5.02 Å². The van der Waals surface area contributed by atoms with Gasteiger partial charge in [-0.25, -0.2) is 8.42 Å². The first-order valence-corrected chi connectivity index (χ1v) is 10.5. The lowest BCUT2D eigenvalue weighted by molar-refractivity contribution is 0.0756. The molecule has 2 rings (SSSR count). The van der Waals surface area contributed by atoms with Crippen molar-refractivity contribution in [3.63, 3.8) is 0 Å². The molecule has 1 aliphatic rings. The van der Waals surface area contributed by atoms with Gasteiger partial charge in [-0.2, -0.15) is 0 Å². The number of rotatable bonds is 5. The van der Waals surface area contributed by atoms with Gasteiger partial charge in [-0.1, -0.05) is 23.7 Å². The van der Waals surface area contributed by atoms with Crippen molar-refractivity contribution in [3.8, 4) is 0 Å². The monoisotopic (exact) mass is 387 g/mol. The number of halogens is 1. The number of aliphatic imine (C=N–C) groups is 1. The molecule has 1 saturated heterocycles. The average molecular weight is 388 g/mol. The third-order valence-electron chi connectivity index (χ3n) is 4.69. The quantitative estimate of drug-likeness (QED) is 0.597. The normalized spacial score (nSPS) is 19.3. The Balaban J connectivity index is 2.04. The zero-order valence-electron chi connectivity index (χ0n) is 14.9. The van der Waals surface area contributed by atoms with Crippen molar-refractivity contribution < 1.29 is 13.2 Å². The predicted octanol–water partition coefficient (Wildman–Crippen LogP) is 2.16. The summed E-state index contributed by atoms with van der Waals surface area (Å²) in [4.78, 5) is 4.21. The summed E-state index contributed by atoms with van der Waals surface area (Å²) in [6.45, 7) is 3.22. The van der Waals surface area contributed by atoms with Crippen LogP contribution in [0.4, 0.5) is 0 Å². The number of nitrogens with zero attached hydrogens (tertiary/aromatic N) is 1. The minimum atomic E-state index is -3.22. The molecule has 25 heavy (non-hydrogen) atoms. The van der Waals surface area contributed by atoms with Crippen LogP contribution in [0.3, 0.4) is 0 Å². The standard InChI is InChI=1S/C17H26ClN3O3S/c1-13(14-5-4-6-15(18)11-14)21-16(19-2)20-12-17(25(3,22)23)7-9-24-10-8-17/h4-6,11,13H,7-10,12H2,1-3H3,(H2,19,20,21). The maximum Gasteiger partial charge on any atom is 0.191 e. The molecule has 0 spiro atoms. The third kappa shape index (κ3) is 5.09. The zero-order valence-corrected chi connectivity index (χ0v) is 16.5. The number of ether oxygens (including phenoxy) is 1. The van der Waals surface area contributed by atoms with Crippen LogP contribution in [0.5, 0.6) is 0 Å². The Kier molecular flexibility index (Phi) is 6.71. The van der Waals surface area contributed by atoms with E-state index in [1.165, 1.54) is 6.26 Å². The average Bonchev–Trinajstić information content (AvgIpc) is 2.58. The van der Waals surface area contributed by atoms with E-state index in [1.807, 2.05) is 31.2 Å². The summed E-state index contributed by atoms with van der Waals surface area (Å²) in [7, 11) is -1.56. The lowest BCUT2D eigenvalue weighted by Gasteiger charge is -2.36. The minimum Gasteiger partial charge on any atom is -0.381 e. The number of nitrogens with one attached hydrogen (secondary N) is 2. The molecule has 2 N–H and O–H groups in total. The highest BCUT2D eigenvalue weighted by Gasteiger charge is 2.42. The van der Waals surface area contributed by atoms with Crippen molar-refractivity contribution in [2.75, 3.05) is 33.1 Å². The van der Waals surface area contributed by atoms with E-state index in [1.54, 1.807) is 7.05 Å². The molecule has 1 aromatic carbocycles. The molecule has 1 aliphatic heterocycles. The fraction of sp³-hybridized carbons (Fsp3) is 0.588. The van der Waals surface area contributed by atoms with Gasteiger partial charge in [0, 0.05) is 38.1 Å². The van der Waals surface area contributed by atoms with Crippen LogP contribution in [0.25, 0.3) is 0 Å². The van der Waals surface area contributed by atoms with Gasteiger partial charge in [-0.15, -0.1) is 0 Å². The van der Waals surface area contributed by atoms with Gasteiger partial charge in [0.1, 0.15) is 0 Å². The molecular formula is C17H26ClN3O3S. The van der Waals surface area contributed by atoms with Gasteiger partial charge in [-0.3, -0.25) is 4.99 Å². The van der Waals surface area contributed by atoms with Gasteiger partial charge in [0.15, 0.2) is 15.8 Å². The SMILES string of the molecule is CN=C(NCC1(S(C)(=O)=O)CCOCC1)NC(C)c1cccc(Cl)c1. The number of guanidine groups is 1. The Bertz CT molecular complexity index is 716. The Hall–Kier alpha value is -1.31. The summed E-state index contributed by atoms with van der Waals surface area (Å²) < 4.78 is 29.2. The molecule has 0 saturated carbocycles. The van der Waals surface area contributed by atoms with Crippen molar-refractivity contribution in [1.29, 1.82) is 0 Å². The van der Waals surface area contributed by atoms with Crippen molar-refractivity contribution in [1.82, 2.24) is 10.6 Å². The highest BCUT2D eigenvalue weighted by Crippen LogP contribution is 2.28. The van der Waals surface area contributed by atoms with Gasteiger partial charge in [-0.05, 0) is 37.5 Å². The lowest BCUT2D eigenvalue weighted by Crippen LogP contribution is -2.53. The first-order valence-electron chi connectivity index (χ1n) is 8.27. The second-order valence-corrected chi connectivity index (χ2v) is 9.26. The van der Waals surface area contributed by atoms with Crippen LogP contribution in [0.1, 0.15) is 31.4 Å². The molecule has 8 heteroatoms. The molecule has 1 aromatic rings. The number of hydrogen-bond donors (Lipinski definition) is 2. The Morgan fingerprint density at radius 1 is 1.40 bits per heavy atom. The largest absolute Gasteiger partial charge is 0.381 e. The Labute approximate surface area is 154 Å². The molecule has 1 fully saturated rings. The highest BCUT2D eigenvalue weighted by atomic mass is 35.5. The smallest absolute Gasteiger partial charge is 0.191 e. The second kappa shape index (κ2) is 8.38. The maximum atomic E-state index is 12.3. The Morgan fingerprint density at radius 3 is 2.64 bits per heavy atom. The summed E-state index contributed by atoms with van der Waals surface area (Å²) in [5, 5.41) is 7.12. The molecule has 0 radical (unpaired) electrons. The van der Waals surface area contributed by atoms with Gasteiger partial charge in [0.2, 0.25) is 0 Å². The molecule has 1 unspecified atom stereocenters. The molecule has 0 aliphatic carbocycles. The van der Waals surface area contributed by atoms with E-state index in [9.17, 15) is 8.42 Å². The minimum absolute atomic E-state index is 0.0197. The summed E-state index contributed by atoms with van der Waals surface area (Å²) in [6.07, 6.45) is 2.27. The molecule has 0 bridgehead atoms. The van der Waals surface area contributed by atoms with Crippen molar-refractivity contribution in [2.24, 2.45) is 4.99 Å². The van der Waals surface area contributed by atoms with Crippen LogP contribution < -0.4 is 10.6 Å². The van der Waals surface area contributed by atoms with Gasteiger partial charge < -0.3 is 15.4 Å². The van der Waals surface area contributed by atoms with Crippen molar-refractivity contribution in [3.05, 3.63) is 34.9 Å². The number of benzene rings is 1. The first kappa shape index (κ1) is 20.0. The van der Waals surface area contributed by atoms with Gasteiger partial charge in [0.05, 0.1) is 10.8 Å². The van der Waals surface area contributed by atoms with Crippen molar-refractivity contribution >= 4 is 27.4 Å². The third-order valence-corrected chi connectivity index (χ3v) is 7.05. The molecule has 1 atom stereocenters. The van der Waals surface area contributed by atoms with Crippen LogP contribution in [0, 0.1) is 0 Å². The van der Waals surface area contributed by atoms with E-state index in [0.717, 1.165) is 5.56 Å². The number of hydrogen-bond acceptors (Lipinski definition) is 4. The van der Waals surface area contributed by atoms with Gasteiger partial charge >= 0.3 is 0 Å². The summed E-state index contributed by atoms with van der Waals surface area (Å²) in [6, 6.07) is 7.57. The lowest BCUT2D eigenvalue weighted by atomic mass is 9.99. The van der Waals surface area contributed by atoms with E-state index in [-0.39, 0.29) is 6.04 Å². The molecule has 1 heterocycles. The fourth-order valence-electron chi connectivity index (χ4n) is 2.93. The van der Waals surface area contributed by atoms with Crippen LogP contribution in [-0.2, 0) is 14.6 Å². The fourth-order valence-corrected chi connectivity index (χ4v) is 4.37. The first-order chi connectivity index (χ1) is 11.8. The van der Waals surface area contributed by atoms with Crippen molar-refractivity contribution in [2.45, 2.75) is 30.6 Å². The molecule has 6 nitrogen and oxygen atoms in total. The maximum absolute atomic E-state index is 12.3. The van der Waals surface area contributed by atoms with Crippen LogP contribution >= 0.6 is 11.6 Å². The molecular weight excluding hydrogens is 362 g/mol. The van der Waals surface area contributed by atoms with E-state index >= 15 is 0 Å². The molecule has 140 valence electrons. The van der Waals surface area contributed by atoms with E-state index in [4.69, 9.17) is 16.3 Å².